The molecule has 0 spiro atoms. The molecule has 0 aliphatic heterocycles. The minimum Gasteiger partial charge on any atom is -0.339 e. The maximum atomic E-state index is 12.7. The third kappa shape index (κ3) is 5.47. The number of halogens is 3. The molecule has 21 heavy (non-hydrogen) atoms. The molecule has 0 aromatic carbocycles. The molecule has 0 amide bonds. The minimum atomic E-state index is -4.22. The Morgan fingerprint density at radius 1 is 1.24 bits per heavy atom. The van der Waals surface area contributed by atoms with E-state index < -0.39 is 12.7 Å². The molecule has 1 rings (SSSR count). The summed E-state index contributed by atoms with van der Waals surface area (Å²) in [5.74, 6) is 0. The van der Waals surface area contributed by atoms with E-state index in [1.807, 2.05) is 34.7 Å². The predicted octanol–water partition coefficient (Wildman–Crippen LogP) is 3.94. The normalized spacial score (nSPS) is 12.8. The van der Waals surface area contributed by atoms with Gasteiger partial charge in [-0.05, 0) is 13.5 Å². The molecule has 0 unspecified atom stereocenters. The van der Waals surface area contributed by atoms with Gasteiger partial charge in [0.2, 0.25) is 0 Å². The van der Waals surface area contributed by atoms with E-state index in [2.05, 4.69) is 10.3 Å². The number of alkyl halides is 3. The first-order valence-electron chi connectivity index (χ1n) is 7.05. The number of nitrogens with zero attached hydrogens (tertiary/aromatic N) is 2. The number of anilines is 1. The average Bonchev–Trinajstić information content (AvgIpc) is 2.71. The van der Waals surface area contributed by atoms with Crippen molar-refractivity contribution in [2.45, 2.75) is 52.3 Å². The maximum Gasteiger partial charge on any atom is 0.406 e. The highest BCUT2D eigenvalue weighted by molar-refractivity contribution is 7.15. The van der Waals surface area contributed by atoms with Gasteiger partial charge in [0.1, 0.15) is 6.54 Å². The van der Waals surface area contributed by atoms with Crippen molar-refractivity contribution in [3.63, 3.8) is 0 Å². The molecule has 0 saturated heterocycles. The molecule has 3 nitrogen and oxygen atoms in total. The van der Waals surface area contributed by atoms with Gasteiger partial charge in [-0.25, -0.2) is 4.98 Å². The van der Waals surface area contributed by atoms with Crippen molar-refractivity contribution in [1.82, 2.24) is 10.3 Å². The van der Waals surface area contributed by atoms with Crippen molar-refractivity contribution in [3.05, 3.63) is 10.6 Å². The van der Waals surface area contributed by atoms with Crippen molar-refractivity contribution in [2.24, 2.45) is 0 Å². The first kappa shape index (κ1) is 18.2. The number of rotatable bonds is 6. The molecule has 122 valence electrons. The molecule has 1 aromatic rings. The Bertz CT molecular complexity index is 449. The summed E-state index contributed by atoms with van der Waals surface area (Å²) >= 11 is 1.35. The number of hydrogen-bond acceptors (Lipinski definition) is 4. The molecule has 1 N–H and O–H groups in total. The lowest BCUT2D eigenvalue weighted by Gasteiger charge is -2.23. The van der Waals surface area contributed by atoms with Crippen LogP contribution in [-0.4, -0.2) is 31.3 Å². The summed E-state index contributed by atoms with van der Waals surface area (Å²) in [7, 11) is 1.82. The molecule has 0 bridgehead atoms. The lowest BCUT2D eigenvalue weighted by atomic mass is 9.91. The van der Waals surface area contributed by atoms with Crippen molar-refractivity contribution in [3.8, 4) is 0 Å². The molecule has 1 heterocycles. The summed E-state index contributed by atoms with van der Waals surface area (Å²) in [6, 6.07) is 0. The largest absolute Gasteiger partial charge is 0.406 e. The van der Waals surface area contributed by atoms with Crippen LogP contribution < -0.4 is 10.2 Å². The summed E-state index contributed by atoms with van der Waals surface area (Å²) in [6.07, 6.45) is -3.56. The van der Waals surface area contributed by atoms with Crippen molar-refractivity contribution in [1.29, 1.82) is 0 Å². The van der Waals surface area contributed by atoms with Crippen LogP contribution in [0.4, 0.5) is 18.3 Å². The van der Waals surface area contributed by atoms with Gasteiger partial charge in [0.25, 0.3) is 0 Å². The highest BCUT2D eigenvalue weighted by Crippen LogP contribution is 2.35. The van der Waals surface area contributed by atoms with Gasteiger partial charge in [0.15, 0.2) is 5.13 Å². The fourth-order valence-electron chi connectivity index (χ4n) is 2.07. The Balaban J connectivity index is 3.14. The summed E-state index contributed by atoms with van der Waals surface area (Å²) in [5, 5.41) is 3.52. The Labute approximate surface area is 128 Å². The Hall–Kier alpha value is -0.820. The maximum absolute atomic E-state index is 12.7. The zero-order chi connectivity index (χ0) is 16.3. The summed E-state index contributed by atoms with van der Waals surface area (Å²) in [6.45, 7) is 7.98. The van der Waals surface area contributed by atoms with Crippen LogP contribution in [0.5, 0.6) is 0 Å². The molecular formula is C14H24F3N3S. The topological polar surface area (TPSA) is 28.2 Å². The molecule has 0 radical (unpaired) electrons. The van der Waals surface area contributed by atoms with E-state index in [9.17, 15) is 13.2 Å². The van der Waals surface area contributed by atoms with E-state index in [0.717, 1.165) is 10.6 Å². The summed E-state index contributed by atoms with van der Waals surface area (Å²) in [4.78, 5) is 6.84. The van der Waals surface area contributed by atoms with E-state index in [-0.39, 0.29) is 5.41 Å². The molecule has 7 heteroatoms. The van der Waals surface area contributed by atoms with Gasteiger partial charge in [-0.2, -0.15) is 13.2 Å². The summed E-state index contributed by atoms with van der Waals surface area (Å²) in [5.41, 5.74) is 0.692. The SMILES string of the molecule is CCCN(CC(F)(F)F)c1nc(C(C)(C)C)c(CNC)s1. The smallest absolute Gasteiger partial charge is 0.339 e. The van der Waals surface area contributed by atoms with Crippen molar-refractivity contribution in [2.75, 3.05) is 25.0 Å². The van der Waals surface area contributed by atoms with Crippen LogP contribution >= 0.6 is 11.3 Å². The Kier molecular flexibility index (Phi) is 6.04. The number of hydrogen-bond donors (Lipinski definition) is 1. The molecule has 0 fully saturated rings. The van der Waals surface area contributed by atoms with Gasteiger partial charge in [-0.3, -0.25) is 0 Å². The number of thiazole rings is 1. The highest BCUT2D eigenvalue weighted by Gasteiger charge is 2.33. The van der Waals surface area contributed by atoms with Crippen LogP contribution in [0.1, 0.15) is 44.7 Å². The Morgan fingerprint density at radius 2 is 1.86 bits per heavy atom. The molecule has 0 aliphatic carbocycles. The van der Waals surface area contributed by atoms with Gasteiger partial charge in [-0.15, -0.1) is 11.3 Å². The fraction of sp³-hybridized carbons (Fsp3) is 0.786. The highest BCUT2D eigenvalue weighted by atomic mass is 32.1. The van der Waals surface area contributed by atoms with E-state index >= 15 is 0 Å². The summed E-state index contributed by atoms with van der Waals surface area (Å²) < 4.78 is 38.2. The molecule has 1 aromatic heterocycles. The second kappa shape index (κ2) is 6.96. The van der Waals surface area contributed by atoms with Crippen LogP contribution in [0.15, 0.2) is 0 Å². The standard InChI is InChI=1S/C14H24F3N3S/c1-6-7-20(9-14(15,16)17)12-19-11(13(2,3)4)10(21-12)8-18-5/h18H,6-9H2,1-5H3. The van der Waals surface area contributed by atoms with Crippen LogP contribution in [-0.2, 0) is 12.0 Å². The lowest BCUT2D eigenvalue weighted by molar-refractivity contribution is -0.119. The number of aromatic nitrogens is 1. The quantitative estimate of drug-likeness (QED) is 0.859. The number of nitrogens with one attached hydrogen (secondary N) is 1. The monoisotopic (exact) mass is 323 g/mol. The third-order valence-electron chi connectivity index (χ3n) is 2.87. The molecule has 0 aliphatic rings. The zero-order valence-corrected chi connectivity index (χ0v) is 14.1. The second-order valence-corrected chi connectivity index (χ2v) is 7.15. The van der Waals surface area contributed by atoms with Crippen LogP contribution in [0.2, 0.25) is 0 Å². The molecule has 0 atom stereocenters. The van der Waals surface area contributed by atoms with Gasteiger partial charge >= 0.3 is 6.18 Å². The van der Waals surface area contributed by atoms with E-state index in [0.29, 0.717) is 24.6 Å². The average molecular weight is 323 g/mol. The van der Waals surface area contributed by atoms with Crippen LogP contribution in [0.3, 0.4) is 0 Å². The fourth-order valence-corrected chi connectivity index (χ4v) is 3.38. The van der Waals surface area contributed by atoms with E-state index in [4.69, 9.17) is 0 Å². The van der Waals surface area contributed by atoms with Gasteiger partial charge in [0.05, 0.1) is 5.69 Å². The van der Waals surface area contributed by atoms with Gasteiger partial charge in [0, 0.05) is 23.4 Å². The van der Waals surface area contributed by atoms with E-state index in [1.165, 1.54) is 16.2 Å². The molecular weight excluding hydrogens is 299 g/mol. The van der Waals surface area contributed by atoms with Crippen LogP contribution in [0, 0.1) is 0 Å². The zero-order valence-electron chi connectivity index (χ0n) is 13.3. The van der Waals surface area contributed by atoms with Gasteiger partial charge < -0.3 is 10.2 Å². The van der Waals surface area contributed by atoms with Gasteiger partial charge in [-0.1, -0.05) is 27.7 Å². The first-order valence-corrected chi connectivity index (χ1v) is 7.86. The third-order valence-corrected chi connectivity index (χ3v) is 3.98. The first-order chi connectivity index (χ1) is 9.58. The van der Waals surface area contributed by atoms with E-state index in [1.54, 1.807) is 0 Å². The lowest BCUT2D eigenvalue weighted by Crippen LogP contribution is -2.34. The van der Waals surface area contributed by atoms with Crippen molar-refractivity contribution < 1.29 is 13.2 Å². The predicted molar refractivity (Wildman–Crippen MR) is 82.1 cm³/mol. The molecule has 0 saturated carbocycles. The second-order valence-electron chi connectivity index (χ2n) is 6.09. The van der Waals surface area contributed by atoms with Crippen molar-refractivity contribution >= 4 is 16.5 Å². The minimum absolute atomic E-state index is 0.183. The van der Waals surface area contributed by atoms with Crippen LogP contribution in [0.25, 0.3) is 0 Å². The Morgan fingerprint density at radius 3 is 2.29 bits per heavy atom.